The topological polar surface area (TPSA) is 146 Å². The molecular weight excluding hydrogens is 574 g/mol. The number of likely N-dealkylation sites (tertiary alicyclic amines) is 1. The second-order valence-electron chi connectivity index (χ2n) is 13.6. The maximum Gasteiger partial charge on any atom is 0.186 e. The molecule has 0 saturated carbocycles. The number of β-amino-alcohol motifs (C(OH)–C–C–N with tert-alkyl or cyclic N) is 1. The summed E-state index contributed by atoms with van der Waals surface area (Å²) in [5.41, 5.74) is 9.33. The number of piperidine rings is 1. The van der Waals surface area contributed by atoms with Gasteiger partial charge in [-0.25, -0.2) is 14.6 Å². The molecular formula is C32H39N9O2S. The van der Waals surface area contributed by atoms with Gasteiger partial charge < -0.3 is 25.2 Å². The maximum absolute atomic E-state index is 11.0. The van der Waals surface area contributed by atoms with Crippen LogP contribution in [0.5, 0.6) is 0 Å². The third kappa shape index (κ3) is 4.27. The van der Waals surface area contributed by atoms with Crippen molar-refractivity contribution in [3.63, 3.8) is 0 Å². The summed E-state index contributed by atoms with van der Waals surface area (Å²) in [6, 6.07) is 2.82. The standard InChI is InChI=1S/C32H39N9O2S/c1-31(42)10-6-14-40(18-31)29-22-16-35-41(17-19-7-5-13-39(19)2)30(22)37-28(36-29)25-20-8-3-11-32(26(20)43-38-25)12-4-9-23-24(32)21(15-33)27(34)44-23/h16,19,42H,3-14,17-18,34H2,1-2H3. The fourth-order valence-electron chi connectivity index (χ4n) is 8.45. The lowest BCUT2D eigenvalue weighted by Crippen LogP contribution is -2.46. The van der Waals surface area contributed by atoms with Gasteiger partial charge in [-0.15, -0.1) is 11.3 Å². The summed E-state index contributed by atoms with van der Waals surface area (Å²) in [6.07, 6.45) is 11.4. The zero-order valence-electron chi connectivity index (χ0n) is 25.5. The van der Waals surface area contributed by atoms with Crippen molar-refractivity contribution in [1.29, 1.82) is 5.26 Å². The van der Waals surface area contributed by atoms with E-state index in [1.807, 2.05) is 17.8 Å². The van der Waals surface area contributed by atoms with Crippen molar-refractivity contribution in [3.05, 3.63) is 33.5 Å². The number of thiophene rings is 1. The highest BCUT2D eigenvalue weighted by atomic mass is 32.1. The second kappa shape index (κ2) is 10.3. The van der Waals surface area contributed by atoms with E-state index in [-0.39, 0.29) is 0 Å². The Hall–Kier alpha value is -3.53. The third-order valence-corrected chi connectivity index (χ3v) is 11.7. The highest BCUT2D eigenvalue weighted by molar-refractivity contribution is 7.16. The van der Waals surface area contributed by atoms with Crippen LogP contribution < -0.4 is 10.6 Å². The number of likely N-dealkylation sites (N-methyl/N-ethyl adjacent to an activating group) is 1. The van der Waals surface area contributed by atoms with Gasteiger partial charge in [-0.1, -0.05) is 5.16 Å². The number of aromatic nitrogens is 5. The summed E-state index contributed by atoms with van der Waals surface area (Å²) in [5, 5.41) is 32.1. The fourth-order valence-corrected chi connectivity index (χ4v) is 9.61. The molecule has 0 amide bonds. The zero-order valence-corrected chi connectivity index (χ0v) is 26.3. The van der Waals surface area contributed by atoms with Gasteiger partial charge >= 0.3 is 0 Å². The molecule has 3 N–H and O–H groups in total. The Morgan fingerprint density at radius 2 is 2.00 bits per heavy atom. The molecule has 3 atom stereocenters. The van der Waals surface area contributed by atoms with Gasteiger partial charge in [-0.3, -0.25) is 0 Å². The fraction of sp³-hybridized carbons (Fsp3) is 0.594. The van der Waals surface area contributed by atoms with Crippen LogP contribution in [0.3, 0.4) is 0 Å². The molecule has 4 aromatic rings. The number of hydrogen-bond donors (Lipinski definition) is 2. The number of fused-ring (bicyclic) bond motifs is 5. The first-order chi connectivity index (χ1) is 21.3. The number of rotatable bonds is 4. The van der Waals surface area contributed by atoms with E-state index in [2.05, 4.69) is 28.1 Å². The van der Waals surface area contributed by atoms with E-state index in [1.165, 1.54) is 11.3 Å². The van der Waals surface area contributed by atoms with Crippen LogP contribution in [0.15, 0.2) is 10.7 Å². The highest BCUT2D eigenvalue weighted by Crippen LogP contribution is 2.55. The van der Waals surface area contributed by atoms with Crippen LogP contribution in [0.25, 0.3) is 22.6 Å². The van der Waals surface area contributed by atoms with Crippen LogP contribution >= 0.6 is 11.3 Å². The molecule has 12 heteroatoms. The minimum absolute atomic E-state index is 0.404. The van der Waals surface area contributed by atoms with Gasteiger partial charge in [-0.2, -0.15) is 10.4 Å². The molecule has 8 rings (SSSR count). The molecule has 2 aliphatic heterocycles. The van der Waals surface area contributed by atoms with Gasteiger partial charge in [0.25, 0.3) is 0 Å². The summed E-state index contributed by atoms with van der Waals surface area (Å²) in [4.78, 5) is 16.1. The van der Waals surface area contributed by atoms with E-state index in [0.29, 0.717) is 34.7 Å². The minimum atomic E-state index is -0.794. The number of aryl methyl sites for hydroxylation is 1. The van der Waals surface area contributed by atoms with Crippen molar-refractivity contribution >= 4 is 33.2 Å². The second-order valence-corrected chi connectivity index (χ2v) is 14.7. The summed E-state index contributed by atoms with van der Waals surface area (Å²) >= 11 is 1.55. The Morgan fingerprint density at radius 1 is 1.16 bits per heavy atom. The molecule has 2 saturated heterocycles. The minimum Gasteiger partial charge on any atom is -0.389 e. The van der Waals surface area contributed by atoms with E-state index >= 15 is 0 Å². The van der Waals surface area contributed by atoms with Crippen molar-refractivity contribution in [2.45, 2.75) is 94.7 Å². The number of anilines is 2. The first-order valence-corrected chi connectivity index (χ1v) is 16.8. The molecule has 4 aliphatic rings. The molecule has 2 fully saturated rings. The predicted molar refractivity (Wildman–Crippen MR) is 169 cm³/mol. The van der Waals surface area contributed by atoms with E-state index in [0.717, 1.165) is 111 Å². The monoisotopic (exact) mass is 613 g/mol. The summed E-state index contributed by atoms with van der Waals surface area (Å²) in [6.45, 7) is 5.05. The lowest BCUT2D eigenvalue weighted by Gasteiger charge is -2.39. The Bertz CT molecular complexity index is 1790. The van der Waals surface area contributed by atoms with Gasteiger partial charge in [0.05, 0.1) is 34.7 Å². The van der Waals surface area contributed by atoms with Gasteiger partial charge in [0, 0.05) is 29.6 Å². The van der Waals surface area contributed by atoms with Crippen molar-refractivity contribution in [2.24, 2.45) is 0 Å². The molecule has 11 nitrogen and oxygen atoms in total. The molecule has 0 aromatic carbocycles. The quantitative estimate of drug-likeness (QED) is 0.340. The Kier molecular flexibility index (Phi) is 6.52. The molecule has 0 radical (unpaired) electrons. The van der Waals surface area contributed by atoms with Crippen LogP contribution in [-0.4, -0.2) is 73.2 Å². The molecule has 1 spiro atoms. The molecule has 4 aromatic heterocycles. The number of nitrogens with zero attached hydrogens (tertiary/aromatic N) is 8. The largest absolute Gasteiger partial charge is 0.389 e. The van der Waals surface area contributed by atoms with Gasteiger partial charge in [-0.05, 0) is 90.3 Å². The highest BCUT2D eigenvalue weighted by Gasteiger charge is 2.49. The molecule has 0 bridgehead atoms. The Labute approximate surface area is 260 Å². The number of hydrogen-bond acceptors (Lipinski definition) is 11. The SMILES string of the molecule is CN1CCCC1Cn1ncc2c(N3CCCC(C)(O)C3)nc(-c3noc4c3CCCC43CCCc4sc(N)c(C#N)c43)nc21. The smallest absolute Gasteiger partial charge is 0.186 e. The third-order valence-electron chi connectivity index (χ3n) is 10.6. The molecule has 44 heavy (non-hydrogen) atoms. The number of nitrogen functional groups attached to an aromatic ring is 1. The maximum atomic E-state index is 11.0. The Morgan fingerprint density at radius 3 is 2.77 bits per heavy atom. The average Bonchev–Trinajstić information content (AvgIpc) is 3.79. The average molecular weight is 614 g/mol. The summed E-state index contributed by atoms with van der Waals surface area (Å²) in [7, 11) is 2.18. The lowest BCUT2D eigenvalue weighted by atomic mass is 9.63. The first kappa shape index (κ1) is 28.0. The molecule has 6 heterocycles. The lowest BCUT2D eigenvalue weighted by molar-refractivity contribution is 0.0448. The molecule has 230 valence electrons. The predicted octanol–water partition coefficient (Wildman–Crippen LogP) is 4.40. The van der Waals surface area contributed by atoms with Crippen molar-refractivity contribution in [3.8, 4) is 17.6 Å². The summed E-state index contributed by atoms with van der Waals surface area (Å²) < 4.78 is 8.33. The van der Waals surface area contributed by atoms with Crippen molar-refractivity contribution in [2.75, 3.05) is 37.3 Å². The van der Waals surface area contributed by atoms with E-state index < -0.39 is 11.0 Å². The van der Waals surface area contributed by atoms with Crippen LogP contribution in [-0.2, 0) is 24.8 Å². The number of nitrogens with two attached hydrogens (primary N) is 1. The summed E-state index contributed by atoms with van der Waals surface area (Å²) in [5.74, 6) is 2.17. The molecule has 3 unspecified atom stereocenters. The van der Waals surface area contributed by atoms with Gasteiger partial charge in [0.1, 0.15) is 16.9 Å². The van der Waals surface area contributed by atoms with Gasteiger partial charge in [0.15, 0.2) is 22.9 Å². The van der Waals surface area contributed by atoms with Crippen LogP contribution in [0, 0.1) is 11.3 Å². The van der Waals surface area contributed by atoms with Crippen molar-refractivity contribution < 1.29 is 9.63 Å². The van der Waals surface area contributed by atoms with Gasteiger partial charge in [0.2, 0.25) is 0 Å². The van der Waals surface area contributed by atoms with Crippen LogP contribution in [0.4, 0.5) is 10.8 Å². The van der Waals surface area contributed by atoms with Crippen LogP contribution in [0.2, 0.25) is 0 Å². The first-order valence-electron chi connectivity index (χ1n) is 16.0. The van der Waals surface area contributed by atoms with E-state index in [4.69, 9.17) is 25.3 Å². The van der Waals surface area contributed by atoms with E-state index in [1.54, 1.807) is 11.3 Å². The van der Waals surface area contributed by atoms with Crippen LogP contribution in [0.1, 0.15) is 85.6 Å². The number of aliphatic hydroxyl groups is 1. The zero-order chi connectivity index (χ0) is 30.2. The number of nitriles is 1. The Balaban J connectivity index is 1.28. The molecule has 2 aliphatic carbocycles. The normalized spacial score (nSPS) is 27.1. The van der Waals surface area contributed by atoms with E-state index in [9.17, 15) is 10.4 Å². The van der Waals surface area contributed by atoms with Crippen molar-refractivity contribution in [1.82, 2.24) is 29.8 Å².